The summed E-state index contributed by atoms with van der Waals surface area (Å²) < 4.78 is 0. The SMILES string of the molecule is CC.CC.CN(C)C(=O)CCc1cccc(NC2=NC3C(C(=O)N(Cc4cc5c(Cl)cccc5[nH]4)C(=O)N3C)N2C)n1. The largest absolute Gasteiger partial charge is 0.357 e. The molecule has 2 unspecified atom stereocenters. The number of halogens is 1. The van der Waals surface area contributed by atoms with Crippen LogP contribution in [0.2, 0.25) is 5.02 Å². The first-order chi connectivity index (χ1) is 20.1. The molecule has 42 heavy (non-hydrogen) atoms. The molecule has 0 aliphatic carbocycles. The van der Waals surface area contributed by atoms with Gasteiger partial charge in [0.25, 0.3) is 5.91 Å². The minimum Gasteiger partial charge on any atom is -0.357 e. The summed E-state index contributed by atoms with van der Waals surface area (Å²) in [5, 5.41) is 4.61. The van der Waals surface area contributed by atoms with Crippen LogP contribution in [0.25, 0.3) is 10.9 Å². The highest BCUT2D eigenvalue weighted by Crippen LogP contribution is 2.30. The number of nitrogens with zero attached hydrogens (tertiary/aromatic N) is 6. The molecule has 11 nitrogen and oxygen atoms in total. The van der Waals surface area contributed by atoms with Crippen molar-refractivity contribution in [3.63, 3.8) is 0 Å². The summed E-state index contributed by atoms with van der Waals surface area (Å²) in [4.78, 5) is 57.2. The summed E-state index contributed by atoms with van der Waals surface area (Å²) >= 11 is 6.30. The average molecular weight is 597 g/mol. The Hall–Kier alpha value is -4.12. The van der Waals surface area contributed by atoms with E-state index >= 15 is 0 Å². The quantitative estimate of drug-likeness (QED) is 0.422. The number of imide groups is 1. The minimum atomic E-state index is -0.686. The fourth-order valence-electron chi connectivity index (χ4n) is 4.73. The van der Waals surface area contributed by atoms with Crippen LogP contribution in [-0.2, 0) is 22.6 Å². The number of guanidine groups is 1. The average Bonchev–Trinajstić information content (AvgIpc) is 3.56. The van der Waals surface area contributed by atoms with Crippen molar-refractivity contribution in [3.8, 4) is 0 Å². The maximum absolute atomic E-state index is 13.6. The second-order valence-electron chi connectivity index (χ2n) is 9.66. The second kappa shape index (κ2) is 14.2. The Balaban J connectivity index is 0.00000116. The predicted molar refractivity (Wildman–Crippen MR) is 167 cm³/mol. The molecule has 2 atom stereocenters. The Kier molecular flexibility index (Phi) is 10.9. The van der Waals surface area contributed by atoms with Crippen molar-refractivity contribution in [3.05, 3.63) is 58.9 Å². The Morgan fingerprint density at radius 3 is 2.40 bits per heavy atom. The number of likely N-dealkylation sites (N-methyl/N-ethyl adjacent to an activating group) is 2. The number of hydrogen-bond donors (Lipinski definition) is 2. The molecule has 1 saturated heterocycles. The molecule has 0 spiro atoms. The molecule has 3 aromatic rings. The van der Waals surface area contributed by atoms with Gasteiger partial charge in [-0.15, -0.1) is 0 Å². The summed E-state index contributed by atoms with van der Waals surface area (Å²) in [6.07, 6.45) is 0.190. The highest BCUT2D eigenvalue weighted by molar-refractivity contribution is 6.35. The molecule has 0 radical (unpaired) electrons. The highest BCUT2D eigenvalue weighted by Gasteiger charge is 2.51. The van der Waals surface area contributed by atoms with E-state index in [9.17, 15) is 14.4 Å². The number of aryl methyl sites for hydroxylation is 1. The van der Waals surface area contributed by atoms with Crippen LogP contribution in [0.5, 0.6) is 0 Å². The van der Waals surface area contributed by atoms with Crippen molar-refractivity contribution >= 4 is 52.1 Å². The van der Waals surface area contributed by atoms with Gasteiger partial charge in [-0.2, -0.15) is 0 Å². The minimum absolute atomic E-state index is 0.0282. The molecule has 12 heteroatoms. The van der Waals surface area contributed by atoms with E-state index in [2.05, 4.69) is 20.3 Å². The van der Waals surface area contributed by atoms with E-state index in [1.165, 1.54) is 9.80 Å². The number of urea groups is 1. The molecule has 2 aliphatic rings. The lowest BCUT2D eigenvalue weighted by Crippen LogP contribution is -2.64. The zero-order valence-corrected chi connectivity index (χ0v) is 26.4. The third-order valence-corrected chi connectivity index (χ3v) is 7.20. The smallest absolute Gasteiger partial charge is 0.328 e. The third-order valence-electron chi connectivity index (χ3n) is 6.87. The number of carbonyl (C=O) groups excluding carboxylic acids is 3. The van der Waals surface area contributed by atoms with Crippen molar-refractivity contribution in [2.75, 3.05) is 33.5 Å². The lowest BCUT2D eigenvalue weighted by molar-refractivity contribution is -0.137. The maximum atomic E-state index is 13.6. The van der Waals surface area contributed by atoms with Crippen LogP contribution < -0.4 is 5.32 Å². The number of fused-ring (bicyclic) bond motifs is 2. The van der Waals surface area contributed by atoms with Crippen LogP contribution >= 0.6 is 11.6 Å². The molecule has 5 rings (SSSR count). The second-order valence-corrected chi connectivity index (χ2v) is 10.1. The van der Waals surface area contributed by atoms with Gasteiger partial charge in [0.15, 0.2) is 12.2 Å². The number of anilines is 1. The van der Waals surface area contributed by atoms with Gasteiger partial charge in [-0.25, -0.2) is 14.8 Å². The number of aliphatic imine (C=N–C) groups is 1. The molecule has 4 heterocycles. The van der Waals surface area contributed by atoms with Gasteiger partial charge in [-0.05, 0) is 36.8 Å². The molecular formula is C30H41ClN8O3. The number of carbonyl (C=O) groups is 3. The number of aromatic nitrogens is 2. The maximum Gasteiger partial charge on any atom is 0.328 e. The molecule has 226 valence electrons. The van der Waals surface area contributed by atoms with Crippen molar-refractivity contribution < 1.29 is 14.4 Å². The number of rotatable bonds is 6. The van der Waals surface area contributed by atoms with Crippen molar-refractivity contribution in [1.82, 2.24) is 29.6 Å². The number of benzene rings is 1. The van der Waals surface area contributed by atoms with E-state index in [1.54, 1.807) is 50.1 Å². The summed E-state index contributed by atoms with van der Waals surface area (Å²) in [5.74, 6) is 0.661. The summed E-state index contributed by atoms with van der Waals surface area (Å²) in [6, 6.07) is 11.8. The first kappa shape index (κ1) is 32.4. The molecule has 2 aliphatic heterocycles. The van der Waals surface area contributed by atoms with Gasteiger partial charge in [0.1, 0.15) is 5.82 Å². The number of nitrogens with one attached hydrogen (secondary N) is 2. The first-order valence-corrected chi connectivity index (χ1v) is 14.6. The van der Waals surface area contributed by atoms with Crippen molar-refractivity contribution in [2.45, 2.75) is 59.3 Å². The number of hydrogen-bond acceptors (Lipinski definition) is 7. The number of aromatic amines is 1. The molecule has 4 amide bonds. The van der Waals surface area contributed by atoms with Gasteiger partial charge in [-0.1, -0.05) is 51.4 Å². The third kappa shape index (κ3) is 6.67. The number of amides is 4. The predicted octanol–water partition coefficient (Wildman–Crippen LogP) is 4.79. The number of pyridine rings is 1. The van der Waals surface area contributed by atoms with Crippen molar-refractivity contribution in [1.29, 1.82) is 0 Å². The van der Waals surface area contributed by atoms with Crippen LogP contribution in [0.3, 0.4) is 0 Å². The standard InChI is InChI=1S/C26H29ClN8O3.2C2H6/c1-32(2)21(36)12-11-15-7-5-10-20(29-15)30-25-31-23-22(33(25)3)24(37)35(26(38)34(23)4)14-16-13-17-18(27)8-6-9-19(17)28-16;2*1-2/h5-10,13,22-23,28H,11-12,14H2,1-4H3,(H,29,30,31);2*1-2H3. The first-order valence-electron chi connectivity index (χ1n) is 14.2. The molecule has 1 aromatic carbocycles. The zero-order chi connectivity index (χ0) is 31.1. The van der Waals surface area contributed by atoms with E-state index in [0.29, 0.717) is 35.3 Å². The summed E-state index contributed by atoms with van der Waals surface area (Å²) in [7, 11) is 6.85. The Morgan fingerprint density at radius 1 is 1.05 bits per heavy atom. The van der Waals surface area contributed by atoms with E-state index in [-0.39, 0.29) is 18.4 Å². The molecule has 2 N–H and O–H groups in total. The Bertz CT molecular complexity index is 1450. The molecule has 0 saturated carbocycles. The van der Waals surface area contributed by atoms with Crippen LogP contribution in [0.1, 0.15) is 45.5 Å². The van der Waals surface area contributed by atoms with Gasteiger partial charge in [-0.3, -0.25) is 14.5 Å². The molecular weight excluding hydrogens is 556 g/mol. The highest BCUT2D eigenvalue weighted by atomic mass is 35.5. The van der Waals surface area contributed by atoms with Gasteiger partial charge in [0, 0.05) is 61.9 Å². The van der Waals surface area contributed by atoms with Gasteiger partial charge in [0.2, 0.25) is 11.9 Å². The Morgan fingerprint density at radius 2 is 1.74 bits per heavy atom. The lowest BCUT2D eigenvalue weighted by Gasteiger charge is -2.40. The van der Waals surface area contributed by atoms with E-state index < -0.39 is 18.2 Å². The fraction of sp³-hybridized carbons (Fsp3) is 0.433. The van der Waals surface area contributed by atoms with Crippen LogP contribution in [0.4, 0.5) is 10.6 Å². The molecule has 2 aromatic heterocycles. The van der Waals surface area contributed by atoms with E-state index in [4.69, 9.17) is 11.6 Å². The molecule has 0 bridgehead atoms. The summed E-state index contributed by atoms with van der Waals surface area (Å²) in [5.41, 5.74) is 2.30. The fourth-order valence-corrected chi connectivity index (χ4v) is 4.96. The van der Waals surface area contributed by atoms with Crippen LogP contribution in [-0.4, -0.2) is 93.8 Å². The Labute approximate surface area is 252 Å². The lowest BCUT2D eigenvalue weighted by atomic mass is 10.1. The zero-order valence-electron chi connectivity index (χ0n) is 25.6. The normalized spacial score (nSPS) is 17.6. The van der Waals surface area contributed by atoms with E-state index in [0.717, 1.165) is 16.6 Å². The van der Waals surface area contributed by atoms with Gasteiger partial charge in [0.05, 0.1) is 6.54 Å². The van der Waals surface area contributed by atoms with Crippen LogP contribution in [0.15, 0.2) is 47.5 Å². The van der Waals surface area contributed by atoms with Crippen molar-refractivity contribution in [2.24, 2.45) is 4.99 Å². The van der Waals surface area contributed by atoms with E-state index in [1.807, 2.05) is 58.0 Å². The van der Waals surface area contributed by atoms with Gasteiger partial charge < -0.3 is 25.0 Å². The summed E-state index contributed by atoms with van der Waals surface area (Å²) in [6.45, 7) is 8.09. The topological polar surface area (TPSA) is 117 Å². The van der Waals surface area contributed by atoms with Gasteiger partial charge >= 0.3 is 6.03 Å². The van der Waals surface area contributed by atoms with Crippen LogP contribution in [0, 0.1) is 0 Å². The molecule has 1 fully saturated rings. The monoisotopic (exact) mass is 596 g/mol. The number of H-pyrrole nitrogens is 1.